The Balaban J connectivity index is 0.755. The van der Waals surface area contributed by atoms with Crippen molar-refractivity contribution in [3.63, 3.8) is 0 Å². The van der Waals surface area contributed by atoms with Crippen LogP contribution in [0.15, 0.2) is 97.1 Å². The van der Waals surface area contributed by atoms with Gasteiger partial charge in [0.15, 0.2) is 11.6 Å². The van der Waals surface area contributed by atoms with Crippen molar-refractivity contribution in [2.75, 3.05) is 45.9 Å². The number of nitrogens with two attached hydrogens (primary N) is 3. The number of hydrogen-bond donors (Lipinski definition) is 6. The lowest BCUT2D eigenvalue weighted by atomic mass is 9.85. The maximum absolute atomic E-state index is 14.7. The Labute approximate surface area is 595 Å². The van der Waals surface area contributed by atoms with Crippen molar-refractivity contribution < 1.29 is 71.9 Å². The molecule has 25 heteroatoms. The van der Waals surface area contributed by atoms with Crippen LogP contribution >= 0.6 is 0 Å². The predicted octanol–water partition coefficient (Wildman–Crippen LogP) is 9.01. The second-order valence-corrected chi connectivity index (χ2v) is 27.1. The first-order valence-electron chi connectivity index (χ1n) is 35.8. The van der Waals surface area contributed by atoms with Crippen molar-refractivity contribution in [3.8, 4) is 11.1 Å². The van der Waals surface area contributed by atoms with E-state index in [0.717, 1.165) is 44.9 Å². The largest absolute Gasteiger partial charge is 0.449 e. The molecule has 4 heterocycles. The molecule has 0 radical (unpaired) electrons. The van der Waals surface area contributed by atoms with Crippen LogP contribution in [0.4, 0.5) is 9.59 Å². The van der Waals surface area contributed by atoms with Gasteiger partial charge in [0.05, 0.1) is 12.1 Å². The lowest BCUT2D eigenvalue weighted by Crippen LogP contribution is -2.50. The molecule has 25 nitrogen and oxygen atoms in total. The number of alkyl carbamates (subject to hydrolysis) is 1. The van der Waals surface area contributed by atoms with Crippen molar-refractivity contribution >= 4 is 104 Å². The van der Waals surface area contributed by atoms with Crippen LogP contribution in [0.25, 0.3) is 32.7 Å². The van der Waals surface area contributed by atoms with E-state index in [9.17, 15) is 67.1 Å². The molecule has 0 saturated heterocycles. The maximum Gasteiger partial charge on any atom is 0.407 e. The Morgan fingerprint density at radius 1 is 0.408 bits per heavy atom. The highest BCUT2D eigenvalue weighted by Gasteiger charge is 2.43. The third kappa shape index (κ3) is 15.0. The fourth-order valence-corrected chi connectivity index (χ4v) is 15.0. The zero-order chi connectivity index (χ0) is 73.3. The lowest BCUT2D eigenvalue weighted by molar-refractivity contribution is -0.130. The molecule has 1 aliphatic carbocycles. The molecule has 4 atom stereocenters. The number of nitrogens with zero attached hydrogens (tertiary/aromatic N) is 4. The Bertz CT molecular complexity index is 4280. The van der Waals surface area contributed by atoms with Gasteiger partial charge in [-0.05, 0) is 161 Å². The minimum atomic E-state index is -1.28. The van der Waals surface area contributed by atoms with Crippen LogP contribution in [0.1, 0.15) is 229 Å². The van der Waals surface area contributed by atoms with Crippen molar-refractivity contribution in [3.05, 3.63) is 153 Å². The van der Waals surface area contributed by atoms with Gasteiger partial charge in [-0.2, -0.15) is 0 Å². The van der Waals surface area contributed by atoms with E-state index in [-0.39, 0.29) is 169 Å². The third-order valence-electron chi connectivity index (χ3n) is 20.5. The molecule has 0 aromatic heterocycles. The molecule has 4 aliphatic heterocycles. The molecule has 6 aromatic rings. The first-order valence-corrected chi connectivity index (χ1v) is 35.8. The predicted molar refractivity (Wildman–Crippen MR) is 381 cm³/mol. The van der Waals surface area contributed by atoms with E-state index in [1.807, 2.05) is 62.4 Å². The van der Waals surface area contributed by atoms with Gasteiger partial charge in [0.2, 0.25) is 11.8 Å². The van der Waals surface area contributed by atoms with Gasteiger partial charge < -0.3 is 32.6 Å². The topological polar surface area (TPSA) is 375 Å². The first kappa shape index (κ1) is 73.6. The number of ether oxygens (including phenoxy) is 1. The Morgan fingerprint density at radius 2 is 0.738 bits per heavy atom. The maximum atomic E-state index is 14.7. The van der Waals surface area contributed by atoms with E-state index in [1.165, 1.54) is 58.3 Å². The number of urea groups is 1. The summed E-state index contributed by atoms with van der Waals surface area (Å²) < 4.78 is 5.85. The van der Waals surface area contributed by atoms with Crippen LogP contribution in [0.3, 0.4) is 0 Å². The fraction of sp³-hybridized carbons (Fsp3) is 0.410. The molecule has 538 valence electrons. The second kappa shape index (κ2) is 32.5. The number of nitrogens with one attached hydrogen (secondary N) is 3. The van der Waals surface area contributed by atoms with E-state index < -0.39 is 120 Å². The summed E-state index contributed by atoms with van der Waals surface area (Å²) in [7, 11) is 0. The summed E-state index contributed by atoms with van der Waals surface area (Å²) in [6.07, 6.45) is 3.24. The molecule has 103 heavy (non-hydrogen) atoms. The minimum Gasteiger partial charge on any atom is -0.449 e. The molecule has 13 amide bonds. The summed E-state index contributed by atoms with van der Waals surface area (Å²) in [4.78, 5) is 200. The Hall–Kier alpha value is -10.7. The zero-order valence-electron chi connectivity index (χ0n) is 57.9. The summed E-state index contributed by atoms with van der Waals surface area (Å²) in [6, 6.07) is 23.9. The number of rotatable bonds is 36. The smallest absolute Gasteiger partial charge is 0.407 e. The summed E-state index contributed by atoms with van der Waals surface area (Å²) in [5.41, 5.74) is 23.0. The number of Topliss-reactive ketones (excluding diaryl/α,β-unsaturated/α-hetero) is 2. The van der Waals surface area contributed by atoms with E-state index >= 15 is 0 Å². The number of carbonyl (C=O) groups excluding carboxylic acids is 14. The van der Waals surface area contributed by atoms with Crippen molar-refractivity contribution in [2.45, 2.75) is 147 Å². The number of primary amides is 1. The van der Waals surface area contributed by atoms with Crippen molar-refractivity contribution in [1.29, 1.82) is 0 Å². The molecular weight excluding hydrogens is 1320 g/mol. The molecule has 0 bridgehead atoms. The van der Waals surface area contributed by atoms with Gasteiger partial charge in [-0.25, -0.2) is 9.59 Å². The standard InChI is InChI=1S/C78H86N10O15/c1-3-5-37-85-69(93)50-27-31-54-65-55(32-28-51(63(50)65)70(85)94)74(98)87(73(54)97)39-17-13-19-44(67(81)91)41-61(89)59(25-11-15-35-79)82-77(101)84-68(92)45(42-62(90)60(26-12-16-36-80)83-78(102)103-43-58-48-23-9-7-21-46(48)47-22-8-10-24-49(47)58)20-14-18-40-88-75(99)56-33-29-52-64-53(30-34-57(66(56)64)76(88)100)72(96)86(71(52)95)38-6-4-2/h7-10,21-24,27-34,44-45,58-60H,3-6,11-20,25-26,35-43,79-80H2,1-2H3,(H2,81,91)(H,83,102)(H2,82,84,92,101). The number of imide groups is 5. The third-order valence-corrected chi connectivity index (χ3v) is 20.5. The highest BCUT2D eigenvalue weighted by atomic mass is 16.5. The summed E-state index contributed by atoms with van der Waals surface area (Å²) in [5, 5.41) is 8.59. The summed E-state index contributed by atoms with van der Waals surface area (Å²) in [5.74, 6) is -10.2. The molecule has 6 aromatic carbocycles. The zero-order valence-corrected chi connectivity index (χ0v) is 57.9. The van der Waals surface area contributed by atoms with Crippen LogP contribution in [-0.2, 0) is 23.9 Å². The average Bonchev–Trinajstić information content (AvgIpc) is 1.22. The first-order chi connectivity index (χ1) is 49.7. The fourth-order valence-electron chi connectivity index (χ4n) is 15.0. The van der Waals surface area contributed by atoms with Crippen LogP contribution in [-0.4, -0.2) is 160 Å². The normalized spacial score (nSPS) is 15.5. The van der Waals surface area contributed by atoms with Crippen LogP contribution < -0.4 is 33.2 Å². The SMILES string of the molecule is CCCCN1C(=O)c2ccc3c4c(ccc(c24)C1=O)C(=O)N(CCCCC(CC(=O)C(CCCCN)NC(=O)NC(=O)C(CCCCN1C(=O)c2ccc4c5c(ccc(c25)C1=O)C(=O)N(CCCC)C4=O)CC(=O)C(CCCCN)NC(=O)OCC1c2ccccc2-c2ccccc21)C(N)=O)C3=O. The second-order valence-electron chi connectivity index (χ2n) is 27.1. The van der Waals surface area contributed by atoms with Gasteiger partial charge in [0.25, 0.3) is 47.3 Å². The molecule has 4 unspecified atom stereocenters. The molecule has 0 saturated carbocycles. The van der Waals surface area contributed by atoms with Gasteiger partial charge >= 0.3 is 12.1 Å². The number of fused-ring (bicyclic) bond motifs is 3. The average molecular weight is 1400 g/mol. The van der Waals surface area contributed by atoms with Gasteiger partial charge in [-0.1, -0.05) is 88.1 Å². The number of benzene rings is 6. The van der Waals surface area contributed by atoms with Gasteiger partial charge in [0.1, 0.15) is 6.61 Å². The molecule has 5 aliphatic rings. The van der Waals surface area contributed by atoms with E-state index in [2.05, 4.69) is 16.0 Å². The van der Waals surface area contributed by atoms with Crippen LogP contribution in [0.2, 0.25) is 0 Å². The van der Waals surface area contributed by atoms with Crippen LogP contribution in [0, 0.1) is 11.8 Å². The highest BCUT2D eigenvalue weighted by Crippen LogP contribution is 2.45. The quantitative estimate of drug-likeness (QED) is 0.0158. The Kier molecular flexibility index (Phi) is 23.2. The monoisotopic (exact) mass is 1400 g/mol. The van der Waals surface area contributed by atoms with E-state index in [1.54, 1.807) is 0 Å². The Morgan fingerprint density at radius 3 is 1.10 bits per heavy atom. The van der Waals surface area contributed by atoms with Gasteiger partial charge in [-0.3, -0.25) is 82.5 Å². The van der Waals surface area contributed by atoms with Crippen molar-refractivity contribution in [2.24, 2.45) is 29.0 Å². The van der Waals surface area contributed by atoms with E-state index in [4.69, 9.17) is 21.9 Å². The molecule has 0 fully saturated rings. The van der Waals surface area contributed by atoms with Gasteiger partial charge in [-0.15, -0.1) is 0 Å². The molecule has 0 spiro atoms. The highest BCUT2D eigenvalue weighted by molar-refractivity contribution is 6.35. The minimum absolute atomic E-state index is 0.0377. The van der Waals surface area contributed by atoms with Crippen molar-refractivity contribution in [1.82, 2.24) is 35.6 Å². The molecule has 9 N–H and O–H groups in total. The van der Waals surface area contributed by atoms with Gasteiger partial charge in [0, 0.05) is 123 Å². The number of carbonyl (C=O) groups is 14. The summed E-state index contributed by atoms with van der Waals surface area (Å²) >= 11 is 0. The molecule has 11 rings (SSSR count). The van der Waals surface area contributed by atoms with Crippen LogP contribution in [0.5, 0.6) is 0 Å². The number of hydrogen-bond acceptors (Lipinski definition) is 17. The summed E-state index contributed by atoms with van der Waals surface area (Å²) in [6.45, 7) is 4.54. The molecular formula is C78H86N10O15. The lowest BCUT2D eigenvalue weighted by Gasteiger charge is -2.32. The number of unbranched alkanes of at least 4 members (excludes halogenated alkanes) is 6. The number of ketones is 2. The van der Waals surface area contributed by atoms with E-state index in [0.29, 0.717) is 38.5 Å². The number of amides is 13.